The summed E-state index contributed by atoms with van der Waals surface area (Å²) in [6, 6.07) is 3.80. The largest absolute Gasteiger partial charge is 0.334 e. The summed E-state index contributed by atoms with van der Waals surface area (Å²) in [5.74, 6) is 0.0503. The predicted molar refractivity (Wildman–Crippen MR) is 74.2 cm³/mol. The summed E-state index contributed by atoms with van der Waals surface area (Å²) in [7, 11) is 0. The number of rotatable bonds is 2. The highest BCUT2D eigenvalue weighted by Crippen LogP contribution is 2.28. The maximum atomic E-state index is 12.1. The summed E-state index contributed by atoms with van der Waals surface area (Å²) in [6.45, 7) is 1.39. The van der Waals surface area contributed by atoms with Crippen molar-refractivity contribution < 1.29 is 4.79 Å². The van der Waals surface area contributed by atoms with E-state index in [0.29, 0.717) is 22.3 Å². The molecule has 2 aromatic heterocycles. The molecule has 0 aromatic carbocycles. The fourth-order valence-electron chi connectivity index (χ4n) is 1.89. The molecule has 0 spiro atoms. The molecule has 0 atom stereocenters. The van der Waals surface area contributed by atoms with Crippen molar-refractivity contribution >= 4 is 44.8 Å². The van der Waals surface area contributed by atoms with Crippen molar-refractivity contribution in [2.24, 2.45) is 0 Å². The molecule has 0 unspecified atom stereocenters. The van der Waals surface area contributed by atoms with Crippen molar-refractivity contribution in [3.05, 3.63) is 38.2 Å². The third-order valence-electron chi connectivity index (χ3n) is 2.88. The molecule has 0 N–H and O–H groups in total. The lowest BCUT2D eigenvalue weighted by Crippen LogP contribution is -2.50. The van der Waals surface area contributed by atoms with Gasteiger partial charge in [-0.05, 0) is 28.1 Å². The Morgan fingerprint density at radius 2 is 2.28 bits per heavy atom. The number of amides is 1. The Labute approximate surface area is 121 Å². The van der Waals surface area contributed by atoms with Gasteiger partial charge >= 0.3 is 0 Å². The molecule has 4 nitrogen and oxygen atoms in total. The molecule has 3 heterocycles. The lowest BCUT2D eigenvalue weighted by molar-refractivity contribution is 0.0506. The second-order valence-corrected chi connectivity index (χ2v) is 6.74. The Morgan fingerprint density at radius 1 is 1.50 bits per heavy atom. The van der Waals surface area contributed by atoms with E-state index in [1.165, 1.54) is 11.3 Å². The lowest BCUT2D eigenvalue weighted by atomic mass is 10.1. The standard InChI is InChI=1S/C11H9BrClN3OS/c12-7-3-14-16(4-7)8-5-15(6-8)11(17)9-1-2-10(13)18-9/h1-4,8H,5-6H2. The van der Waals surface area contributed by atoms with E-state index in [0.717, 1.165) is 4.47 Å². The van der Waals surface area contributed by atoms with Crippen LogP contribution in [0.4, 0.5) is 0 Å². The first-order valence-electron chi connectivity index (χ1n) is 5.38. The average molecular weight is 347 g/mol. The minimum Gasteiger partial charge on any atom is -0.334 e. The summed E-state index contributed by atoms with van der Waals surface area (Å²) in [6.07, 6.45) is 3.68. The highest BCUT2D eigenvalue weighted by Gasteiger charge is 2.33. The highest BCUT2D eigenvalue weighted by molar-refractivity contribution is 9.10. The van der Waals surface area contributed by atoms with Crippen LogP contribution in [0.25, 0.3) is 0 Å². The Balaban J connectivity index is 1.64. The second-order valence-electron chi connectivity index (χ2n) is 4.11. The molecule has 0 aliphatic carbocycles. The fourth-order valence-corrected chi connectivity index (χ4v) is 3.20. The van der Waals surface area contributed by atoms with E-state index in [1.54, 1.807) is 18.3 Å². The molecular formula is C11H9BrClN3OS. The maximum absolute atomic E-state index is 12.1. The van der Waals surface area contributed by atoms with Crippen LogP contribution >= 0.6 is 38.9 Å². The summed E-state index contributed by atoms with van der Waals surface area (Å²) >= 11 is 10.5. The molecule has 0 radical (unpaired) electrons. The first-order valence-corrected chi connectivity index (χ1v) is 7.36. The van der Waals surface area contributed by atoms with Gasteiger partial charge in [-0.25, -0.2) is 0 Å². The van der Waals surface area contributed by atoms with Crippen LogP contribution in [0.5, 0.6) is 0 Å². The van der Waals surface area contributed by atoms with Gasteiger partial charge in [0.25, 0.3) is 5.91 Å². The van der Waals surface area contributed by atoms with E-state index in [2.05, 4.69) is 21.0 Å². The minimum absolute atomic E-state index is 0.0503. The third kappa shape index (κ3) is 2.20. The van der Waals surface area contributed by atoms with E-state index < -0.39 is 0 Å². The van der Waals surface area contributed by atoms with Gasteiger partial charge in [0.1, 0.15) is 0 Å². The molecule has 18 heavy (non-hydrogen) atoms. The van der Waals surface area contributed by atoms with Crippen LogP contribution in [0, 0.1) is 0 Å². The van der Waals surface area contributed by atoms with Crippen LogP contribution in [0.3, 0.4) is 0 Å². The molecule has 1 amide bonds. The van der Waals surface area contributed by atoms with E-state index >= 15 is 0 Å². The SMILES string of the molecule is O=C(c1ccc(Cl)s1)N1CC(n2cc(Br)cn2)C1. The van der Waals surface area contributed by atoms with E-state index in [9.17, 15) is 4.79 Å². The van der Waals surface area contributed by atoms with Crippen LogP contribution in [0.1, 0.15) is 15.7 Å². The number of hydrogen-bond acceptors (Lipinski definition) is 3. The molecule has 1 saturated heterocycles. The van der Waals surface area contributed by atoms with Gasteiger partial charge in [-0.3, -0.25) is 9.48 Å². The van der Waals surface area contributed by atoms with Gasteiger partial charge in [0.05, 0.1) is 25.9 Å². The van der Waals surface area contributed by atoms with Gasteiger partial charge in [0.15, 0.2) is 0 Å². The van der Waals surface area contributed by atoms with Gasteiger partial charge in [-0.15, -0.1) is 11.3 Å². The van der Waals surface area contributed by atoms with Crippen molar-refractivity contribution in [2.45, 2.75) is 6.04 Å². The lowest BCUT2D eigenvalue weighted by Gasteiger charge is -2.38. The van der Waals surface area contributed by atoms with Gasteiger partial charge in [-0.2, -0.15) is 5.10 Å². The van der Waals surface area contributed by atoms with Gasteiger partial charge in [0.2, 0.25) is 0 Å². The Hall–Kier alpha value is -0.850. The van der Waals surface area contributed by atoms with Crippen molar-refractivity contribution in [1.82, 2.24) is 14.7 Å². The van der Waals surface area contributed by atoms with Gasteiger partial charge in [0, 0.05) is 19.3 Å². The fraction of sp³-hybridized carbons (Fsp3) is 0.273. The van der Waals surface area contributed by atoms with Gasteiger partial charge in [-0.1, -0.05) is 11.6 Å². The maximum Gasteiger partial charge on any atom is 0.264 e. The number of likely N-dealkylation sites (tertiary alicyclic amines) is 1. The minimum atomic E-state index is 0.0503. The van der Waals surface area contributed by atoms with Gasteiger partial charge < -0.3 is 4.90 Å². The van der Waals surface area contributed by atoms with Crippen molar-refractivity contribution in [2.75, 3.05) is 13.1 Å². The number of carbonyl (C=O) groups excluding carboxylic acids is 1. The smallest absolute Gasteiger partial charge is 0.264 e. The monoisotopic (exact) mass is 345 g/mol. The Kier molecular flexibility index (Phi) is 3.17. The first-order chi connectivity index (χ1) is 8.63. The number of thiophene rings is 1. The molecule has 0 saturated carbocycles. The molecule has 7 heteroatoms. The summed E-state index contributed by atoms with van der Waals surface area (Å²) in [5.41, 5.74) is 0. The normalized spacial score (nSPS) is 15.8. The van der Waals surface area contributed by atoms with Crippen LogP contribution < -0.4 is 0 Å². The quantitative estimate of drug-likeness (QED) is 0.838. The summed E-state index contributed by atoms with van der Waals surface area (Å²) in [5, 5.41) is 4.22. The topological polar surface area (TPSA) is 38.1 Å². The number of hydrogen-bond donors (Lipinski definition) is 0. The molecule has 3 rings (SSSR count). The number of aromatic nitrogens is 2. The molecule has 2 aromatic rings. The van der Waals surface area contributed by atoms with Crippen LogP contribution in [-0.4, -0.2) is 33.7 Å². The number of nitrogens with zero attached hydrogens (tertiary/aromatic N) is 3. The zero-order chi connectivity index (χ0) is 12.7. The number of halogens is 2. The summed E-state index contributed by atoms with van der Waals surface area (Å²) in [4.78, 5) is 14.6. The first kappa shape index (κ1) is 12.2. The van der Waals surface area contributed by atoms with Crippen molar-refractivity contribution in [3.63, 3.8) is 0 Å². The Bertz CT molecular complexity index is 591. The predicted octanol–water partition coefficient (Wildman–Crippen LogP) is 3.06. The molecule has 1 aliphatic heterocycles. The molecule has 1 aliphatic rings. The van der Waals surface area contributed by atoms with E-state index in [-0.39, 0.29) is 11.9 Å². The van der Waals surface area contributed by atoms with Crippen molar-refractivity contribution in [1.29, 1.82) is 0 Å². The second kappa shape index (κ2) is 4.68. The van der Waals surface area contributed by atoms with Crippen molar-refractivity contribution in [3.8, 4) is 0 Å². The van der Waals surface area contributed by atoms with Crippen LogP contribution in [-0.2, 0) is 0 Å². The van der Waals surface area contributed by atoms with E-state index in [1.807, 2.05) is 15.8 Å². The number of carbonyl (C=O) groups is 1. The van der Waals surface area contributed by atoms with Crippen LogP contribution in [0.2, 0.25) is 4.34 Å². The molecule has 0 bridgehead atoms. The molecule has 1 fully saturated rings. The average Bonchev–Trinajstić information content (AvgIpc) is 2.85. The zero-order valence-electron chi connectivity index (χ0n) is 9.22. The van der Waals surface area contributed by atoms with Crippen LogP contribution in [0.15, 0.2) is 29.0 Å². The molecule has 94 valence electrons. The summed E-state index contributed by atoms with van der Waals surface area (Å²) < 4.78 is 3.48. The highest BCUT2D eigenvalue weighted by atomic mass is 79.9. The van der Waals surface area contributed by atoms with E-state index in [4.69, 9.17) is 11.6 Å². The third-order valence-corrected chi connectivity index (χ3v) is 4.51. The molecular weight excluding hydrogens is 338 g/mol. The Morgan fingerprint density at radius 3 is 2.83 bits per heavy atom. The zero-order valence-corrected chi connectivity index (χ0v) is 12.4.